The smallest absolute Gasteiger partial charge is 0.385 e. The summed E-state index contributed by atoms with van der Waals surface area (Å²) >= 11 is 0. The number of rotatable bonds is 0. The number of carbonyl (C=O) groups excluding carboxylic acids is 2. The first kappa shape index (κ1) is 9.41. The van der Waals surface area contributed by atoms with Gasteiger partial charge in [0.2, 0.25) is 0 Å². The van der Waals surface area contributed by atoms with Gasteiger partial charge in [-0.1, -0.05) is 18.2 Å². The van der Waals surface area contributed by atoms with Crippen molar-refractivity contribution in [3.8, 4) is 5.75 Å². The molecule has 0 saturated carbocycles. The van der Waals surface area contributed by atoms with E-state index >= 15 is 0 Å². The monoisotopic (exact) mass is 237 g/mol. The summed E-state index contributed by atoms with van der Waals surface area (Å²) in [7, 11) is 0. The van der Waals surface area contributed by atoms with Gasteiger partial charge in [0.1, 0.15) is 5.75 Å². The van der Waals surface area contributed by atoms with E-state index in [0.29, 0.717) is 16.8 Å². The number of esters is 1. The Bertz CT molecular complexity index is 845. The van der Waals surface area contributed by atoms with Crippen LogP contribution in [0.1, 0.15) is 10.4 Å². The van der Waals surface area contributed by atoms with Gasteiger partial charge in [0.25, 0.3) is 5.78 Å². The highest BCUT2D eigenvalue weighted by Crippen LogP contribution is 2.36. The molecule has 0 fully saturated rings. The molecule has 0 unspecified atom stereocenters. The number of fused-ring (bicyclic) bond motifs is 5. The van der Waals surface area contributed by atoms with Crippen molar-refractivity contribution in [1.82, 2.24) is 4.98 Å². The Hall–Kier alpha value is -2.62. The number of benzene rings is 2. The number of H-pyrrole nitrogens is 1. The molecule has 2 aromatic carbocycles. The van der Waals surface area contributed by atoms with Crippen molar-refractivity contribution < 1.29 is 14.3 Å². The zero-order chi connectivity index (χ0) is 12.3. The maximum atomic E-state index is 11.8. The number of nitrogens with one attached hydrogen (secondary N) is 1. The Labute approximate surface area is 101 Å². The normalized spacial score (nSPS) is 14.2. The van der Waals surface area contributed by atoms with Crippen LogP contribution in [-0.4, -0.2) is 16.7 Å². The fourth-order valence-corrected chi connectivity index (χ4v) is 2.46. The topological polar surface area (TPSA) is 59.2 Å². The fraction of sp³-hybridized carbons (Fsp3) is 0. The fourth-order valence-electron chi connectivity index (χ4n) is 2.46. The van der Waals surface area contributed by atoms with E-state index in [2.05, 4.69) is 4.98 Å². The zero-order valence-corrected chi connectivity index (χ0v) is 9.19. The molecule has 0 amide bonds. The second kappa shape index (κ2) is 2.98. The molecule has 1 aromatic heterocycles. The Morgan fingerprint density at radius 2 is 1.78 bits per heavy atom. The van der Waals surface area contributed by atoms with Crippen LogP contribution in [0.5, 0.6) is 5.75 Å². The van der Waals surface area contributed by atoms with Crippen LogP contribution < -0.4 is 4.74 Å². The predicted octanol–water partition coefficient (Wildman–Crippen LogP) is 2.42. The number of hydrogen-bond donors (Lipinski definition) is 1. The van der Waals surface area contributed by atoms with E-state index < -0.39 is 11.8 Å². The minimum atomic E-state index is -0.809. The third kappa shape index (κ3) is 0.996. The standard InChI is InChI=1S/C14H7NO3/c16-13-11-10(18-14(13)17)6-5-8-7-3-1-2-4-9(7)15-12(8)11/h1-6,15H. The summed E-state index contributed by atoms with van der Waals surface area (Å²) < 4.78 is 4.91. The predicted molar refractivity (Wildman–Crippen MR) is 65.8 cm³/mol. The second-order valence-corrected chi connectivity index (χ2v) is 4.25. The molecule has 0 saturated heterocycles. The molecule has 4 heteroatoms. The van der Waals surface area contributed by atoms with Crippen molar-refractivity contribution in [2.24, 2.45) is 0 Å². The minimum absolute atomic E-state index is 0.337. The molecule has 0 spiro atoms. The third-order valence-electron chi connectivity index (χ3n) is 3.26. The lowest BCUT2D eigenvalue weighted by Gasteiger charge is -1.96. The van der Waals surface area contributed by atoms with E-state index in [1.807, 2.05) is 30.3 Å². The van der Waals surface area contributed by atoms with Crippen molar-refractivity contribution in [3.05, 3.63) is 42.0 Å². The molecule has 18 heavy (non-hydrogen) atoms. The van der Waals surface area contributed by atoms with Gasteiger partial charge in [0.05, 0.1) is 11.1 Å². The minimum Gasteiger partial charge on any atom is -0.420 e. The number of ether oxygens (including phenoxy) is 1. The lowest BCUT2D eigenvalue weighted by atomic mass is 10.1. The molecule has 0 radical (unpaired) electrons. The van der Waals surface area contributed by atoms with Crippen molar-refractivity contribution in [2.75, 3.05) is 0 Å². The van der Waals surface area contributed by atoms with E-state index in [-0.39, 0.29) is 0 Å². The van der Waals surface area contributed by atoms with Gasteiger partial charge in [-0.15, -0.1) is 0 Å². The summed E-state index contributed by atoms with van der Waals surface area (Å²) in [5, 5.41) is 1.96. The summed E-state index contributed by atoms with van der Waals surface area (Å²) in [6.45, 7) is 0. The number of para-hydroxylation sites is 1. The van der Waals surface area contributed by atoms with Crippen molar-refractivity contribution >= 4 is 33.6 Å². The SMILES string of the molecule is O=C1Oc2ccc3c([nH]c4ccccc43)c2C1=O. The Balaban J connectivity index is 2.23. The zero-order valence-electron chi connectivity index (χ0n) is 9.19. The van der Waals surface area contributed by atoms with Gasteiger partial charge in [-0.3, -0.25) is 4.79 Å². The van der Waals surface area contributed by atoms with Crippen LogP contribution >= 0.6 is 0 Å². The van der Waals surface area contributed by atoms with Crippen LogP contribution in [0.2, 0.25) is 0 Å². The molecule has 4 nitrogen and oxygen atoms in total. The average molecular weight is 237 g/mol. The van der Waals surface area contributed by atoms with Crippen molar-refractivity contribution in [3.63, 3.8) is 0 Å². The summed E-state index contributed by atoms with van der Waals surface area (Å²) in [6.07, 6.45) is 0. The van der Waals surface area contributed by atoms with Gasteiger partial charge in [-0.05, 0) is 18.2 Å². The van der Waals surface area contributed by atoms with E-state index in [9.17, 15) is 9.59 Å². The van der Waals surface area contributed by atoms with Crippen molar-refractivity contribution in [2.45, 2.75) is 0 Å². The number of ketones is 1. The molecule has 0 atom stereocenters. The molecule has 0 aliphatic carbocycles. The van der Waals surface area contributed by atoms with Gasteiger partial charge in [0.15, 0.2) is 0 Å². The largest absolute Gasteiger partial charge is 0.420 e. The lowest BCUT2D eigenvalue weighted by Crippen LogP contribution is -2.10. The summed E-state index contributed by atoms with van der Waals surface area (Å²) in [6, 6.07) is 11.3. The molecular weight excluding hydrogens is 230 g/mol. The van der Waals surface area contributed by atoms with Gasteiger partial charge in [-0.2, -0.15) is 0 Å². The number of aromatic amines is 1. The highest BCUT2D eigenvalue weighted by atomic mass is 16.5. The molecule has 1 N–H and O–H groups in total. The van der Waals surface area contributed by atoms with E-state index in [1.165, 1.54) is 0 Å². The van der Waals surface area contributed by atoms with Crippen LogP contribution in [0, 0.1) is 0 Å². The van der Waals surface area contributed by atoms with Crippen LogP contribution in [0.4, 0.5) is 0 Å². The number of Topliss-reactive ketones (excluding diaryl/α,β-unsaturated/α-hetero) is 1. The van der Waals surface area contributed by atoms with Gasteiger partial charge in [-0.25, -0.2) is 4.79 Å². The van der Waals surface area contributed by atoms with Crippen LogP contribution in [-0.2, 0) is 4.79 Å². The van der Waals surface area contributed by atoms with E-state index in [1.54, 1.807) is 6.07 Å². The molecular formula is C14H7NO3. The molecule has 3 aromatic rings. The van der Waals surface area contributed by atoms with Gasteiger partial charge in [0, 0.05) is 16.3 Å². The summed E-state index contributed by atoms with van der Waals surface area (Å²) in [4.78, 5) is 26.3. The first-order valence-electron chi connectivity index (χ1n) is 5.55. The molecule has 1 aliphatic heterocycles. The highest BCUT2D eigenvalue weighted by Gasteiger charge is 2.33. The van der Waals surface area contributed by atoms with E-state index in [0.717, 1.165) is 16.3 Å². The van der Waals surface area contributed by atoms with Crippen LogP contribution in [0.25, 0.3) is 21.8 Å². The summed E-state index contributed by atoms with van der Waals surface area (Å²) in [5.41, 5.74) is 1.95. The average Bonchev–Trinajstić information content (AvgIpc) is 2.88. The first-order valence-corrected chi connectivity index (χ1v) is 5.55. The van der Waals surface area contributed by atoms with Crippen molar-refractivity contribution in [1.29, 1.82) is 0 Å². The summed E-state index contributed by atoms with van der Waals surface area (Å²) in [5.74, 6) is -1.05. The molecule has 4 rings (SSSR count). The third-order valence-corrected chi connectivity index (χ3v) is 3.26. The van der Waals surface area contributed by atoms with Gasteiger partial charge < -0.3 is 9.72 Å². The van der Waals surface area contributed by atoms with Crippen LogP contribution in [0.15, 0.2) is 36.4 Å². The first-order chi connectivity index (χ1) is 8.75. The van der Waals surface area contributed by atoms with Gasteiger partial charge >= 0.3 is 5.97 Å². The lowest BCUT2D eigenvalue weighted by molar-refractivity contribution is -0.128. The van der Waals surface area contributed by atoms with Crippen LogP contribution in [0.3, 0.4) is 0 Å². The number of aromatic nitrogens is 1. The highest BCUT2D eigenvalue weighted by molar-refractivity contribution is 6.47. The number of carbonyl (C=O) groups is 2. The molecule has 86 valence electrons. The maximum Gasteiger partial charge on any atom is 0.385 e. The Morgan fingerprint density at radius 1 is 0.944 bits per heavy atom. The van der Waals surface area contributed by atoms with E-state index in [4.69, 9.17) is 4.74 Å². The molecule has 0 bridgehead atoms. The Morgan fingerprint density at radius 3 is 2.67 bits per heavy atom. The quantitative estimate of drug-likeness (QED) is 0.371. The second-order valence-electron chi connectivity index (χ2n) is 4.25. The molecule has 1 aliphatic rings. The number of hydrogen-bond acceptors (Lipinski definition) is 3. The molecule has 2 heterocycles. The Kier molecular flexibility index (Phi) is 1.56. The maximum absolute atomic E-state index is 11.8.